The van der Waals surface area contributed by atoms with Crippen molar-refractivity contribution in [3.8, 4) is 0 Å². The first-order valence-corrected chi connectivity index (χ1v) is 3.68. The summed E-state index contributed by atoms with van der Waals surface area (Å²) in [6.07, 6.45) is 0.840. The Morgan fingerprint density at radius 1 is 1.55 bits per heavy atom. The molecular formula is C8H12N2O. The first kappa shape index (κ1) is 7.85. The average Bonchev–Trinajstić information content (AvgIpc) is 2.04. The zero-order valence-electron chi connectivity index (χ0n) is 6.77. The number of aryl methyl sites for hydroxylation is 1. The molecule has 2 N–H and O–H groups in total. The van der Waals surface area contributed by atoms with E-state index >= 15 is 0 Å². The first-order valence-electron chi connectivity index (χ1n) is 3.68. The van der Waals surface area contributed by atoms with Crippen LogP contribution in [0.25, 0.3) is 0 Å². The smallest absolute Gasteiger partial charge is 0.248 e. The highest BCUT2D eigenvalue weighted by atomic mass is 16.1. The van der Waals surface area contributed by atoms with Gasteiger partial charge >= 0.3 is 0 Å². The van der Waals surface area contributed by atoms with E-state index in [1.54, 1.807) is 6.07 Å². The van der Waals surface area contributed by atoms with Gasteiger partial charge in [-0.3, -0.25) is 4.79 Å². The molecule has 0 saturated carbocycles. The van der Waals surface area contributed by atoms with Gasteiger partial charge in [0.25, 0.3) is 0 Å². The largest absolute Gasteiger partial charge is 0.387 e. The van der Waals surface area contributed by atoms with Gasteiger partial charge in [0.2, 0.25) is 5.56 Å². The summed E-state index contributed by atoms with van der Waals surface area (Å²) in [7, 11) is 1.84. The van der Waals surface area contributed by atoms with Crippen LogP contribution in [0.3, 0.4) is 0 Å². The number of H-pyrrole nitrogens is 1. The van der Waals surface area contributed by atoms with E-state index < -0.39 is 0 Å². The molecule has 0 bridgehead atoms. The van der Waals surface area contributed by atoms with E-state index in [0.29, 0.717) is 0 Å². The Morgan fingerprint density at radius 3 is 2.82 bits per heavy atom. The number of aromatic nitrogens is 1. The van der Waals surface area contributed by atoms with Crippen LogP contribution in [0, 0.1) is 0 Å². The van der Waals surface area contributed by atoms with Crippen LogP contribution in [0.1, 0.15) is 12.6 Å². The van der Waals surface area contributed by atoms with Gasteiger partial charge in [0.15, 0.2) is 0 Å². The molecule has 0 fully saturated rings. The maximum absolute atomic E-state index is 10.8. The van der Waals surface area contributed by atoms with E-state index in [9.17, 15) is 4.79 Å². The van der Waals surface area contributed by atoms with Crippen LogP contribution in [-0.4, -0.2) is 12.0 Å². The van der Waals surface area contributed by atoms with Gasteiger partial charge in [-0.05, 0) is 12.5 Å². The summed E-state index contributed by atoms with van der Waals surface area (Å²) in [5.74, 6) is 0. The van der Waals surface area contributed by atoms with E-state index in [1.807, 2.05) is 14.0 Å². The maximum Gasteiger partial charge on any atom is 0.248 e. The van der Waals surface area contributed by atoms with Crippen LogP contribution >= 0.6 is 0 Å². The molecule has 0 atom stereocenters. The van der Waals surface area contributed by atoms with Crippen LogP contribution in [0.2, 0.25) is 0 Å². The van der Waals surface area contributed by atoms with Crippen LogP contribution in [0.5, 0.6) is 0 Å². The second-order valence-corrected chi connectivity index (χ2v) is 2.32. The van der Waals surface area contributed by atoms with Crippen molar-refractivity contribution in [1.29, 1.82) is 0 Å². The lowest BCUT2D eigenvalue weighted by molar-refractivity contribution is 1.01. The van der Waals surface area contributed by atoms with Crippen molar-refractivity contribution in [2.45, 2.75) is 13.3 Å². The molecule has 0 aliphatic carbocycles. The molecule has 0 unspecified atom stereocenters. The minimum Gasteiger partial charge on any atom is -0.387 e. The zero-order chi connectivity index (χ0) is 8.27. The third kappa shape index (κ3) is 1.61. The van der Waals surface area contributed by atoms with E-state index in [2.05, 4.69) is 10.3 Å². The van der Waals surface area contributed by atoms with Gasteiger partial charge in [0, 0.05) is 18.8 Å². The van der Waals surface area contributed by atoms with Crippen LogP contribution in [0.15, 0.2) is 16.9 Å². The molecule has 1 aromatic heterocycles. The molecule has 0 radical (unpaired) electrons. The van der Waals surface area contributed by atoms with Gasteiger partial charge < -0.3 is 10.3 Å². The lowest BCUT2D eigenvalue weighted by Crippen LogP contribution is -2.08. The molecule has 60 valence electrons. The normalized spacial score (nSPS) is 9.64. The summed E-state index contributed by atoms with van der Waals surface area (Å²) in [4.78, 5) is 13.6. The minimum atomic E-state index is -0.0409. The monoisotopic (exact) mass is 152 g/mol. The second kappa shape index (κ2) is 3.23. The maximum atomic E-state index is 10.8. The molecule has 1 heterocycles. The minimum absolute atomic E-state index is 0.0409. The van der Waals surface area contributed by atoms with Gasteiger partial charge in [-0.15, -0.1) is 0 Å². The Kier molecular flexibility index (Phi) is 2.31. The summed E-state index contributed by atoms with van der Waals surface area (Å²) < 4.78 is 0. The highest BCUT2D eigenvalue weighted by Crippen LogP contribution is 2.08. The van der Waals surface area contributed by atoms with Gasteiger partial charge in [0.1, 0.15) is 0 Å². The zero-order valence-corrected chi connectivity index (χ0v) is 6.77. The van der Waals surface area contributed by atoms with Crippen molar-refractivity contribution < 1.29 is 0 Å². The summed E-state index contributed by atoms with van der Waals surface area (Å²) in [5.41, 5.74) is 1.91. The fraction of sp³-hybridized carbons (Fsp3) is 0.375. The number of anilines is 1. The van der Waals surface area contributed by atoms with Crippen molar-refractivity contribution in [1.82, 2.24) is 4.98 Å². The number of hydrogen-bond donors (Lipinski definition) is 2. The third-order valence-electron chi connectivity index (χ3n) is 1.62. The molecule has 1 aromatic rings. The summed E-state index contributed by atoms with van der Waals surface area (Å²) in [6.45, 7) is 2.01. The van der Waals surface area contributed by atoms with Crippen molar-refractivity contribution in [3.05, 3.63) is 28.2 Å². The third-order valence-corrected chi connectivity index (χ3v) is 1.62. The fourth-order valence-corrected chi connectivity index (χ4v) is 1.03. The molecule has 1 rings (SSSR count). The van der Waals surface area contributed by atoms with Crippen LogP contribution in [-0.2, 0) is 6.42 Å². The number of aromatic amines is 1. The highest BCUT2D eigenvalue weighted by Gasteiger charge is 1.97. The number of nitrogens with one attached hydrogen (secondary N) is 2. The topological polar surface area (TPSA) is 44.9 Å². The molecule has 0 aromatic carbocycles. The van der Waals surface area contributed by atoms with E-state index in [0.717, 1.165) is 17.8 Å². The van der Waals surface area contributed by atoms with Crippen LogP contribution in [0.4, 0.5) is 5.69 Å². The van der Waals surface area contributed by atoms with E-state index in [4.69, 9.17) is 0 Å². The van der Waals surface area contributed by atoms with Gasteiger partial charge in [-0.2, -0.15) is 0 Å². The number of pyridine rings is 1. The molecule has 0 saturated heterocycles. The molecule has 0 aliphatic rings. The van der Waals surface area contributed by atoms with Crippen LogP contribution < -0.4 is 10.9 Å². The Labute approximate surface area is 65.5 Å². The van der Waals surface area contributed by atoms with Crippen molar-refractivity contribution in [3.63, 3.8) is 0 Å². The lowest BCUT2D eigenvalue weighted by atomic mass is 10.2. The Hall–Kier alpha value is -1.25. The van der Waals surface area contributed by atoms with Gasteiger partial charge in [0.05, 0.1) is 5.69 Å². The summed E-state index contributed by atoms with van der Waals surface area (Å²) in [6, 6.07) is 3.31. The average molecular weight is 152 g/mol. The summed E-state index contributed by atoms with van der Waals surface area (Å²) in [5, 5.41) is 3.00. The van der Waals surface area contributed by atoms with E-state index in [-0.39, 0.29) is 5.56 Å². The van der Waals surface area contributed by atoms with E-state index in [1.165, 1.54) is 6.07 Å². The molecule has 0 amide bonds. The Balaban J connectivity index is 3.16. The molecule has 3 heteroatoms. The Bertz CT molecular complexity index is 290. The van der Waals surface area contributed by atoms with Gasteiger partial charge in [-0.25, -0.2) is 0 Å². The SMILES string of the molecule is CCc1[nH]c(=O)ccc1NC. The first-order chi connectivity index (χ1) is 5.27. The Morgan fingerprint density at radius 2 is 2.27 bits per heavy atom. The number of rotatable bonds is 2. The second-order valence-electron chi connectivity index (χ2n) is 2.32. The summed E-state index contributed by atoms with van der Waals surface area (Å²) >= 11 is 0. The molecule has 11 heavy (non-hydrogen) atoms. The van der Waals surface area contributed by atoms with Crippen molar-refractivity contribution in [2.24, 2.45) is 0 Å². The van der Waals surface area contributed by atoms with Crippen molar-refractivity contribution in [2.75, 3.05) is 12.4 Å². The predicted molar refractivity (Wildman–Crippen MR) is 46.0 cm³/mol. The fourth-order valence-electron chi connectivity index (χ4n) is 1.03. The van der Waals surface area contributed by atoms with Crippen molar-refractivity contribution >= 4 is 5.69 Å². The van der Waals surface area contributed by atoms with Gasteiger partial charge in [-0.1, -0.05) is 6.92 Å². The molecule has 0 aliphatic heterocycles. The number of hydrogen-bond acceptors (Lipinski definition) is 2. The molecule has 0 spiro atoms. The molecule has 3 nitrogen and oxygen atoms in total. The lowest BCUT2D eigenvalue weighted by Gasteiger charge is -2.04. The quantitative estimate of drug-likeness (QED) is 0.663. The molecular weight excluding hydrogens is 140 g/mol. The standard InChI is InChI=1S/C8H12N2O/c1-3-6-7(9-2)4-5-8(11)10-6/h4-5,9H,3H2,1-2H3,(H,10,11). The highest BCUT2D eigenvalue weighted by molar-refractivity contribution is 5.46. The predicted octanol–water partition coefficient (Wildman–Crippen LogP) is 0.979.